The summed E-state index contributed by atoms with van der Waals surface area (Å²) < 4.78 is 0. The van der Waals surface area contributed by atoms with Gasteiger partial charge in [0, 0.05) is 31.7 Å². The van der Waals surface area contributed by atoms with E-state index < -0.39 is 0 Å². The van der Waals surface area contributed by atoms with Gasteiger partial charge in [0.1, 0.15) is 0 Å². The zero-order valence-electron chi connectivity index (χ0n) is 14.2. The molecule has 0 amide bonds. The van der Waals surface area contributed by atoms with E-state index in [9.17, 15) is 0 Å². The van der Waals surface area contributed by atoms with Crippen LogP contribution in [0.15, 0.2) is 0 Å². The van der Waals surface area contributed by atoms with Gasteiger partial charge in [-0.25, -0.2) is 0 Å². The first-order chi connectivity index (χ1) is 9.38. The third-order valence-corrected chi connectivity index (χ3v) is 5.83. The fourth-order valence-electron chi connectivity index (χ4n) is 4.34. The van der Waals surface area contributed by atoms with Crippen LogP contribution < -0.4 is 5.73 Å². The summed E-state index contributed by atoms with van der Waals surface area (Å²) in [6, 6.07) is 1.15. The molecule has 5 atom stereocenters. The van der Waals surface area contributed by atoms with Crippen LogP contribution >= 0.6 is 0 Å². The molecule has 2 fully saturated rings. The van der Waals surface area contributed by atoms with Crippen molar-refractivity contribution < 1.29 is 0 Å². The molecule has 2 rings (SSSR count). The lowest BCUT2D eigenvalue weighted by Gasteiger charge is -2.38. The summed E-state index contributed by atoms with van der Waals surface area (Å²) >= 11 is 0. The van der Waals surface area contributed by atoms with Crippen LogP contribution in [0.2, 0.25) is 0 Å². The molecule has 0 aromatic carbocycles. The van der Waals surface area contributed by atoms with E-state index in [2.05, 4.69) is 44.7 Å². The summed E-state index contributed by atoms with van der Waals surface area (Å²) in [6.07, 6.45) is 3.91. The first-order valence-corrected chi connectivity index (χ1v) is 8.52. The molecule has 2 N–H and O–H groups in total. The number of hydrogen-bond acceptors (Lipinski definition) is 3. The van der Waals surface area contributed by atoms with E-state index in [0.29, 0.717) is 12.0 Å². The molecule has 1 aliphatic heterocycles. The van der Waals surface area contributed by atoms with Gasteiger partial charge in [0.15, 0.2) is 0 Å². The average molecular weight is 281 g/mol. The monoisotopic (exact) mass is 281 g/mol. The topological polar surface area (TPSA) is 32.5 Å². The summed E-state index contributed by atoms with van der Waals surface area (Å²) in [7, 11) is 4.43. The van der Waals surface area contributed by atoms with Crippen LogP contribution in [0.5, 0.6) is 0 Å². The van der Waals surface area contributed by atoms with Crippen LogP contribution in [-0.4, -0.2) is 55.6 Å². The van der Waals surface area contributed by atoms with E-state index in [1.165, 1.54) is 38.9 Å². The maximum Gasteiger partial charge on any atom is 0.0254 e. The Bertz CT molecular complexity index is 303. The predicted octanol–water partition coefficient (Wildman–Crippen LogP) is 2.27. The molecular weight excluding hydrogens is 246 g/mol. The molecule has 1 saturated heterocycles. The summed E-state index contributed by atoms with van der Waals surface area (Å²) in [5.74, 6) is 3.21. The maximum atomic E-state index is 6.41. The second-order valence-corrected chi connectivity index (χ2v) is 7.97. The minimum Gasteiger partial charge on any atom is -0.327 e. The number of likely N-dealkylation sites (tertiary alicyclic amines) is 1. The lowest BCUT2D eigenvalue weighted by Crippen LogP contribution is -2.44. The Labute approximate surface area is 125 Å². The standard InChI is InChI=1S/C17H35N3/c1-12(2)14-6-7-16(18)15(8-14)10-20-9-13(3)17(11-20)19(4)5/h12-17H,6-11,18H2,1-5H3. The second-order valence-electron chi connectivity index (χ2n) is 7.97. The quantitative estimate of drug-likeness (QED) is 0.858. The van der Waals surface area contributed by atoms with Crippen molar-refractivity contribution >= 4 is 0 Å². The van der Waals surface area contributed by atoms with Crippen molar-refractivity contribution in [1.82, 2.24) is 9.80 Å². The molecule has 1 heterocycles. The molecule has 20 heavy (non-hydrogen) atoms. The van der Waals surface area contributed by atoms with Gasteiger partial charge in [-0.15, -0.1) is 0 Å². The van der Waals surface area contributed by atoms with Crippen LogP contribution in [-0.2, 0) is 0 Å². The molecule has 3 heteroatoms. The first-order valence-electron chi connectivity index (χ1n) is 8.52. The van der Waals surface area contributed by atoms with Gasteiger partial charge in [0.05, 0.1) is 0 Å². The molecule has 2 aliphatic rings. The van der Waals surface area contributed by atoms with Gasteiger partial charge in [-0.05, 0) is 57.0 Å². The van der Waals surface area contributed by atoms with Crippen molar-refractivity contribution in [3.05, 3.63) is 0 Å². The smallest absolute Gasteiger partial charge is 0.0254 e. The van der Waals surface area contributed by atoms with Crippen LogP contribution in [0, 0.1) is 23.7 Å². The third-order valence-electron chi connectivity index (χ3n) is 5.83. The average Bonchev–Trinajstić information content (AvgIpc) is 2.73. The Kier molecular flexibility index (Phi) is 5.49. The summed E-state index contributed by atoms with van der Waals surface area (Å²) in [4.78, 5) is 5.06. The Morgan fingerprint density at radius 2 is 1.90 bits per heavy atom. The fourth-order valence-corrected chi connectivity index (χ4v) is 4.34. The molecular formula is C17H35N3. The lowest BCUT2D eigenvalue weighted by atomic mass is 9.74. The fraction of sp³-hybridized carbons (Fsp3) is 1.00. The number of nitrogens with zero attached hydrogens (tertiary/aromatic N) is 2. The summed E-state index contributed by atoms with van der Waals surface area (Å²) in [5, 5.41) is 0. The van der Waals surface area contributed by atoms with Crippen LogP contribution in [0.25, 0.3) is 0 Å². The van der Waals surface area contributed by atoms with Gasteiger partial charge in [-0.3, -0.25) is 0 Å². The zero-order valence-corrected chi connectivity index (χ0v) is 14.2. The number of rotatable bonds is 4. The van der Waals surface area contributed by atoms with Gasteiger partial charge in [0.25, 0.3) is 0 Å². The molecule has 3 nitrogen and oxygen atoms in total. The molecule has 1 saturated carbocycles. The largest absolute Gasteiger partial charge is 0.327 e. The van der Waals surface area contributed by atoms with Crippen LogP contribution in [0.3, 0.4) is 0 Å². The highest BCUT2D eigenvalue weighted by Crippen LogP contribution is 2.34. The Morgan fingerprint density at radius 3 is 2.45 bits per heavy atom. The van der Waals surface area contributed by atoms with Crippen molar-refractivity contribution in [2.75, 3.05) is 33.7 Å². The normalized spacial score (nSPS) is 39.9. The lowest BCUT2D eigenvalue weighted by molar-refractivity contribution is 0.145. The van der Waals surface area contributed by atoms with Crippen molar-refractivity contribution in [2.24, 2.45) is 29.4 Å². The molecule has 0 spiro atoms. The van der Waals surface area contributed by atoms with Crippen molar-refractivity contribution in [3.8, 4) is 0 Å². The van der Waals surface area contributed by atoms with E-state index in [-0.39, 0.29) is 0 Å². The number of likely N-dealkylation sites (N-methyl/N-ethyl adjacent to an activating group) is 1. The van der Waals surface area contributed by atoms with Crippen LogP contribution in [0.1, 0.15) is 40.0 Å². The van der Waals surface area contributed by atoms with Gasteiger partial charge < -0.3 is 15.5 Å². The Morgan fingerprint density at radius 1 is 1.20 bits per heavy atom. The highest BCUT2D eigenvalue weighted by molar-refractivity contribution is 4.91. The Hall–Kier alpha value is -0.120. The molecule has 0 bridgehead atoms. The molecule has 5 unspecified atom stereocenters. The van der Waals surface area contributed by atoms with Gasteiger partial charge in [-0.2, -0.15) is 0 Å². The van der Waals surface area contributed by atoms with Crippen LogP contribution in [0.4, 0.5) is 0 Å². The molecule has 0 aromatic rings. The maximum absolute atomic E-state index is 6.41. The second kappa shape index (κ2) is 6.76. The molecule has 0 radical (unpaired) electrons. The number of hydrogen-bond donors (Lipinski definition) is 1. The van der Waals surface area contributed by atoms with E-state index in [1.807, 2.05) is 0 Å². The van der Waals surface area contributed by atoms with Gasteiger partial charge in [-0.1, -0.05) is 20.8 Å². The van der Waals surface area contributed by atoms with Crippen molar-refractivity contribution in [1.29, 1.82) is 0 Å². The minimum absolute atomic E-state index is 0.429. The highest BCUT2D eigenvalue weighted by Gasteiger charge is 2.35. The highest BCUT2D eigenvalue weighted by atomic mass is 15.2. The van der Waals surface area contributed by atoms with E-state index >= 15 is 0 Å². The summed E-state index contributed by atoms with van der Waals surface area (Å²) in [6.45, 7) is 10.8. The summed E-state index contributed by atoms with van der Waals surface area (Å²) in [5.41, 5.74) is 6.41. The molecule has 0 aromatic heterocycles. The molecule has 1 aliphatic carbocycles. The Balaban J connectivity index is 1.89. The van der Waals surface area contributed by atoms with E-state index in [1.54, 1.807) is 0 Å². The third kappa shape index (κ3) is 3.75. The van der Waals surface area contributed by atoms with E-state index in [0.717, 1.165) is 23.8 Å². The van der Waals surface area contributed by atoms with Crippen molar-refractivity contribution in [2.45, 2.75) is 52.1 Å². The predicted molar refractivity (Wildman–Crippen MR) is 86.7 cm³/mol. The minimum atomic E-state index is 0.429. The van der Waals surface area contributed by atoms with E-state index in [4.69, 9.17) is 5.73 Å². The molecule has 118 valence electrons. The SMILES string of the molecule is CC(C)C1CCC(N)C(CN2CC(C)C(N(C)C)C2)C1. The van der Waals surface area contributed by atoms with Gasteiger partial charge >= 0.3 is 0 Å². The van der Waals surface area contributed by atoms with Gasteiger partial charge in [0.2, 0.25) is 0 Å². The van der Waals surface area contributed by atoms with Crippen molar-refractivity contribution in [3.63, 3.8) is 0 Å². The number of nitrogens with two attached hydrogens (primary N) is 1. The zero-order chi connectivity index (χ0) is 14.9. The first kappa shape index (κ1) is 16.3.